The summed E-state index contributed by atoms with van der Waals surface area (Å²) < 4.78 is 0. The first kappa shape index (κ1) is 14.3. The van der Waals surface area contributed by atoms with Crippen LogP contribution in [0.25, 0.3) is 0 Å². The van der Waals surface area contributed by atoms with Crippen molar-refractivity contribution >= 4 is 17.5 Å². The predicted molar refractivity (Wildman–Crippen MR) is 85.7 cm³/mol. The van der Waals surface area contributed by atoms with Crippen LogP contribution in [0.5, 0.6) is 0 Å². The first-order valence-electron chi connectivity index (χ1n) is 7.27. The van der Waals surface area contributed by atoms with Crippen LogP contribution in [-0.2, 0) is 6.42 Å². The van der Waals surface area contributed by atoms with Gasteiger partial charge in [0.25, 0.3) is 0 Å². The molecule has 0 amide bonds. The quantitative estimate of drug-likeness (QED) is 0.947. The zero-order valence-corrected chi connectivity index (χ0v) is 12.6. The lowest BCUT2D eigenvalue weighted by atomic mass is 10.1. The van der Waals surface area contributed by atoms with Crippen molar-refractivity contribution in [2.75, 3.05) is 18.0 Å². The van der Waals surface area contributed by atoms with Gasteiger partial charge in [-0.1, -0.05) is 29.8 Å². The number of hydrogen-bond donors (Lipinski definition) is 1. The van der Waals surface area contributed by atoms with E-state index in [0.29, 0.717) is 6.04 Å². The van der Waals surface area contributed by atoms with Crippen LogP contribution in [0.3, 0.4) is 0 Å². The van der Waals surface area contributed by atoms with Crippen molar-refractivity contribution in [3.8, 4) is 0 Å². The summed E-state index contributed by atoms with van der Waals surface area (Å²) in [5.74, 6) is 0.796. The van der Waals surface area contributed by atoms with Gasteiger partial charge in [-0.2, -0.15) is 0 Å². The van der Waals surface area contributed by atoms with Gasteiger partial charge in [0.15, 0.2) is 0 Å². The third kappa shape index (κ3) is 3.52. The van der Waals surface area contributed by atoms with E-state index in [2.05, 4.69) is 14.9 Å². The number of hydrogen-bond acceptors (Lipinski definition) is 4. The van der Waals surface area contributed by atoms with Crippen molar-refractivity contribution < 1.29 is 0 Å². The summed E-state index contributed by atoms with van der Waals surface area (Å²) in [6, 6.07) is 8.19. The Morgan fingerprint density at radius 3 is 2.48 bits per heavy atom. The van der Waals surface area contributed by atoms with E-state index >= 15 is 0 Å². The minimum absolute atomic E-state index is 0.320. The summed E-state index contributed by atoms with van der Waals surface area (Å²) in [6.45, 7) is 1.87. The highest BCUT2D eigenvalue weighted by Gasteiger charge is 2.18. The smallest absolute Gasteiger partial charge is 0.225 e. The van der Waals surface area contributed by atoms with Gasteiger partial charge in [-0.25, -0.2) is 9.97 Å². The highest BCUT2D eigenvalue weighted by atomic mass is 35.5. The predicted octanol–water partition coefficient (Wildman–Crippen LogP) is 2.65. The molecule has 1 fully saturated rings. The molecule has 1 aliphatic rings. The van der Waals surface area contributed by atoms with E-state index in [-0.39, 0.29) is 0 Å². The van der Waals surface area contributed by atoms with E-state index in [1.807, 2.05) is 36.7 Å². The molecular formula is C16H19ClN4. The Labute approximate surface area is 130 Å². The summed E-state index contributed by atoms with van der Waals surface area (Å²) in [5.41, 5.74) is 8.09. The van der Waals surface area contributed by atoms with E-state index in [1.165, 1.54) is 0 Å². The molecule has 0 radical (unpaired) electrons. The molecule has 0 spiro atoms. The van der Waals surface area contributed by atoms with E-state index in [1.54, 1.807) is 0 Å². The van der Waals surface area contributed by atoms with Crippen LogP contribution in [0.2, 0.25) is 5.02 Å². The Morgan fingerprint density at radius 2 is 1.81 bits per heavy atom. The number of benzene rings is 1. The number of rotatable bonds is 3. The monoisotopic (exact) mass is 302 g/mol. The maximum Gasteiger partial charge on any atom is 0.225 e. The van der Waals surface area contributed by atoms with Gasteiger partial charge in [0.05, 0.1) is 0 Å². The second kappa shape index (κ2) is 6.41. The number of anilines is 1. The van der Waals surface area contributed by atoms with Crippen LogP contribution in [-0.4, -0.2) is 29.1 Å². The molecule has 1 saturated heterocycles. The first-order chi connectivity index (χ1) is 10.2. The summed E-state index contributed by atoms with van der Waals surface area (Å²) in [4.78, 5) is 11.2. The fraction of sp³-hybridized carbons (Fsp3) is 0.375. The van der Waals surface area contributed by atoms with Crippen molar-refractivity contribution in [3.05, 3.63) is 52.8 Å². The van der Waals surface area contributed by atoms with Gasteiger partial charge < -0.3 is 10.6 Å². The van der Waals surface area contributed by atoms with Crippen LogP contribution in [0.15, 0.2) is 36.7 Å². The average Bonchev–Trinajstić information content (AvgIpc) is 2.51. The molecular weight excluding hydrogens is 284 g/mol. The normalized spacial score (nSPS) is 16.2. The molecule has 3 rings (SSSR count). The number of nitrogens with zero attached hydrogens (tertiary/aromatic N) is 3. The number of piperidine rings is 1. The highest BCUT2D eigenvalue weighted by Crippen LogP contribution is 2.19. The van der Waals surface area contributed by atoms with Gasteiger partial charge in [-0.15, -0.1) is 0 Å². The van der Waals surface area contributed by atoms with E-state index in [0.717, 1.165) is 54.4 Å². The standard InChI is InChI=1S/C16H19ClN4/c17-15-4-2-1-3-13(15)9-12-10-19-16(20-11-12)21-7-5-14(18)6-8-21/h1-4,10-11,14H,5-9,18H2. The summed E-state index contributed by atoms with van der Waals surface area (Å²) in [5, 5.41) is 0.784. The Kier molecular flexibility index (Phi) is 4.36. The zero-order chi connectivity index (χ0) is 14.7. The maximum atomic E-state index is 6.18. The molecule has 2 N–H and O–H groups in total. The molecule has 110 valence electrons. The van der Waals surface area contributed by atoms with E-state index < -0.39 is 0 Å². The largest absolute Gasteiger partial charge is 0.341 e. The van der Waals surface area contributed by atoms with Gasteiger partial charge in [-0.05, 0) is 30.0 Å². The lowest BCUT2D eigenvalue weighted by molar-refractivity contribution is 0.495. The molecule has 1 aromatic carbocycles. The summed E-state index contributed by atoms with van der Waals surface area (Å²) in [6.07, 6.45) is 6.54. The van der Waals surface area contributed by atoms with Gasteiger partial charge in [0.2, 0.25) is 5.95 Å². The number of halogens is 1. The molecule has 0 saturated carbocycles. The Hall–Kier alpha value is -1.65. The van der Waals surface area contributed by atoms with Crippen molar-refractivity contribution in [1.29, 1.82) is 0 Å². The molecule has 0 aliphatic carbocycles. The van der Waals surface area contributed by atoms with Gasteiger partial charge in [0, 0.05) is 43.0 Å². The minimum atomic E-state index is 0.320. The first-order valence-corrected chi connectivity index (χ1v) is 7.65. The molecule has 0 atom stereocenters. The van der Waals surface area contributed by atoms with Crippen molar-refractivity contribution in [3.63, 3.8) is 0 Å². The molecule has 4 nitrogen and oxygen atoms in total. The molecule has 2 aromatic rings. The third-order valence-electron chi connectivity index (χ3n) is 3.87. The third-order valence-corrected chi connectivity index (χ3v) is 4.24. The van der Waals surface area contributed by atoms with Crippen molar-refractivity contribution in [2.45, 2.75) is 25.3 Å². The second-order valence-corrected chi connectivity index (χ2v) is 5.89. The minimum Gasteiger partial charge on any atom is -0.341 e. The molecule has 0 unspecified atom stereocenters. The van der Waals surface area contributed by atoms with Crippen LogP contribution in [0.1, 0.15) is 24.0 Å². The fourth-order valence-electron chi connectivity index (χ4n) is 2.56. The Bertz CT molecular complexity index is 591. The van der Waals surface area contributed by atoms with Crippen molar-refractivity contribution in [1.82, 2.24) is 9.97 Å². The topological polar surface area (TPSA) is 55.0 Å². The molecule has 1 aliphatic heterocycles. The molecule has 0 bridgehead atoms. The van der Waals surface area contributed by atoms with Crippen LogP contribution in [0, 0.1) is 0 Å². The van der Waals surface area contributed by atoms with Gasteiger partial charge >= 0.3 is 0 Å². The van der Waals surface area contributed by atoms with Crippen LogP contribution < -0.4 is 10.6 Å². The van der Waals surface area contributed by atoms with Crippen LogP contribution in [0.4, 0.5) is 5.95 Å². The summed E-state index contributed by atoms with van der Waals surface area (Å²) >= 11 is 6.18. The lowest BCUT2D eigenvalue weighted by Crippen LogP contribution is -2.40. The van der Waals surface area contributed by atoms with Gasteiger partial charge in [0.1, 0.15) is 0 Å². The zero-order valence-electron chi connectivity index (χ0n) is 11.9. The Morgan fingerprint density at radius 1 is 1.14 bits per heavy atom. The maximum absolute atomic E-state index is 6.18. The molecule has 5 heteroatoms. The second-order valence-electron chi connectivity index (χ2n) is 5.48. The number of aromatic nitrogens is 2. The summed E-state index contributed by atoms with van der Waals surface area (Å²) in [7, 11) is 0. The molecule has 21 heavy (non-hydrogen) atoms. The van der Waals surface area contributed by atoms with Gasteiger partial charge in [-0.3, -0.25) is 0 Å². The molecule has 2 heterocycles. The Balaban J connectivity index is 1.68. The van der Waals surface area contributed by atoms with Crippen molar-refractivity contribution in [2.24, 2.45) is 5.73 Å². The highest BCUT2D eigenvalue weighted by molar-refractivity contribution is 6.31. The SMILES string of the molecule is NC1CCN(c2ncc(Cc3ccccc3Cl)cn2)CC1. The fourth-order valence-corrected chi connectivity index (χ4v) is 2.77. The van der Waals surface area contributed by atoms with E-state index in [4.69, 9.17) is 17.3 Å². The lowest BCUT2D eigenvalue weighted by Gasteiger charge is -2.30. The number of nitrogens with two attached hydrogens (primary N) is 1. The van der Waals surface area contributed by atoms with Crippen LogP contribution >= 0.6 is 11.6 Å². The molecule has 1 aromatic heterocycles. The van der Waals surface area contributed by atoms with E-state index in [9.17, 15) is 0 Å². The average molecular weight is 303 g/mol.